The summed E-state index contributed by atoms with van der Waals surface area (Å²) in [5.74, 6) is -1.03. The normalized spacial score (nSPS) is 10.5. The maximum Gasteiger partial charge on any atom is 0.350 e. The van der Waals surface area contributed by atoms with Crippen molar-refractivity contribution in [2.24, 2.45) is 0 Å². The van der Waals surface area contributed by atoms with Crippen LogP contribution in [0.4, 0.5) is 5.69 Å². The number of amides is 1. The van der Waals surface area contributed by atoms with Gasteiger partial charge in [-0.25, -0.2) is 4.79 Å². The van der Waals surface area contributed by atoms with E-state index in [2.05, 4.69) is 0 Å². The van der Waals surface area contributed by atoms with E-state index in [-0.39, 0.29) is 17.8 Å². The lowest BCUT2D eigenvalue weighted by atomic mass is 10.2. The van der Waals surface area contributed by atoms with Gasteiger partial charge >= 0.3 is 5.97 Å². The number of nitriles is 1. The summed E-state index contributed by atoms with van der Waals surface area (Å²) in [6.45, 7) is 1.74. The standard InChI is InChI=1S/C21H17ClN2O3S/c1-14-7-9-15(10-8-14)24(12-4-11-23)18(25)13-27-21(26)20-19(22)16-5-2-3-6-17(16)28-20/h2-3,5-10H,4,12-13H2,1H3. The molecule has 0 N–H and O–H groups in total. The van der Waals surface area contributed by atoms with Crippen molar-refractivity contribution in [1.82, 2.24) is 0 Å². The molecule has 1 aromatic heterocycles. The minimum absolute atomic E-state index is 0.176. The van der Waals surface area contributed by atoms with E-state index in [4.69, 9.17) is 21.6 Å². The SMILES string of the molecule is Cc1ccc(N(CCC#N)C(=O)COC(=O)c2sc3ccccc3c2Cl)cc1. The number of fused-ring (bicyclic) bond motifs is 1. The molecule has 0 atom stereocenters. The molecule has 0 unspecified atom stereocenters. The summed E-state index contributed by atoms with van der Waals surface area (Å²) < 4.78 is 6.10. The van der Waals surface area contributed by atoms with Gasteiger partial charge < -0.3 is 9.64 Å². The van der Waals surface area contributed by atoms with Crippen LogP contribution in [0.3, 0.4) is 0 Å². The average Bonchev–Trinajstić information content (AvgIpc) is 3.04. The number of nitrogens with zero attached hydrogens (tertiary/aromatic N) is 2. The van der Waals surface area contributed by atoms with Crippen LogP contribution in [0.1, 0.15) is 21.7 Å². The van der Waals surface area contributed by atoms with E-state index in [1.165, 1.54) is 16.2 Å². The topological polar surface area (TPSA) is 70.4 Å². The highest BCUT2D eigenvalue weighted by molar-refractivity contribution is 7.21. The largest absolute Gasteiger partial charge is 0.451 e. The molecule has 28 heavy (non-hydrogen) atoms. The highest BCUT2D eigenvalue weighted by atomic mass is 35.5. The summed E-state index contributed by atoms with van der Waals surface area (Å²) in [6, 6.07) is 16.8. The second kappa shape index (κ2) is 8.87. The van der Waals surface area contributed by atoms with Crippen LogP contribution in [-0.2, 0) is 9.53 Å². The molecule has 0 radical (unpaired) electrons. The molecule has 3 rings (SSSR count). The van der Waals surface area contributed by atoms with Gasteiger partial charge in [0.15, 0.2) is 6.61 Å². The molecule has 0 aliphatic rings. The second-order valence-corrected chi connectivity index (χ2v) is 7.54. The Morgan fingerprint density at radius 1 is 1.18 bits per heavy atom. The van der Waals surface area contributed by atoms with Gasteiger partial charge in [0.1, 0.15) is 4.88 Å². The lowest BCUT2D eigenvalue weighted by Crippen LogP contribution is -2.35. The minimum atomic E-state index is -0.635. The van der Waals surface area contributed by atoms with Gasteiger partial charge in [0, 0.05) is 22.3 Å². The maximum absolute atomic E-state index is 12.6. The van der Waals surface area contributed by atoms with E-state index in [0.29, 0.717) is 10.7 Å². The number of anilines is 1. The molecule has 1 amide bonds. The number of benzene rings is 2. The van der Waals surface area contributed by atoms with Gasteiger partial charge in [-0.05, 0) is 25.1 Å². The third-order valence-electron chi connectivity index (χ3n) is 4.14. The van der Waals surface area contributed by atoms with Crippen molar-refractivity contribution >= 4 is 50.6 Å². The number of thiophene rings is 1. The van der Waals surface area contributed by atoms with Crippen molar-refractivity contribution in [1.29, 1.82) is 5.26 Å². The first-order valence-electron chi connectivity index (χ1n) is 8.59. The molecule has 7 heteroatoms. The fourth-order valence-electron chi connectivity index (χ4n) is 2.70. The summed E-state index contributed by atoms with van der Waals surface area (Å²) in [5, 5.41) is 9.98. The zero-order valence-electron chi connectivity index (χ0n) is 15.1. The van der Waals surface area contributed by atoms with Crippen LogP contribution in [0.15, 0.2) is 48.5 Å². The number of carbonyl (C=O) groups excluding carboxylic acids is 2. The van der Waals surface area contributed by atoms with Gasteiger partial charge in [0.25, 0.3) is 5.91 Å². The average molecular weight is 413 g/mol. The number of halogens is 1. The van der Waals surface area contributed by atoms with Crippen LogP contribution in [0.5, 0.6) is 0 Å². The Labute approximate surface area is 171 Å². The quantitative estimate of drug-likeness (QED) is 0.536. The molecule has 0 aliphatic carbocycles. The summed E-state index contributed by atoms with van der Waals surface area (Å²) in [4.78, 5) is 26.8. The zero-order chi connectivity index (χ0) is 20.1. The molecular formula is C21H17ClN2O3S. The van der Waals surface area contributed by atoms with Gasteiger partial charge in [-0.15, -0.1) is 11.3 Å². The van der Waals surface area contributed by atoms with E-state index in [1.807, 2.05) is 49.4 Å². The molecule has 3 aromatic rings. The number of aryl methyl sites for hydroxylation is 1. The Balaban J connectivity index is 1.72. The molecule has 142 valence electrons. The maximum atomic E-state index is 12.6. The second-order valence-electron chi connectivity index (χ2n) is 6.11. The molecule has 5 nitrogen and oxygen atoms in total. The monoisotopic (exact) mass is 412 g/mol. The third-order valence-corrected chi connectivity index (χ3v) is 5.80. The molecule has 0 spiro atoms. The minimum Gasteiger partial charge on any atom is -0.451 e. The van der Waals surface area contributed by atoms with Gasteiger partial charge in [-0.1, -0.05) is 47.5 Å². The lowest BCUT2D eigenvalue weighted by molar-refractivity contribution is -0.121. The van der Waals surface area contributed by atoms with E-state index in [1.54, 1.807) is 12.1 Å². The first kappa shape index (κ1) is 19.9. The Bertz CT molecular complexity index is 1050. The van der Waals surface area contributed by atoms with Crippen molar-refractivity contribution in [2.75, 3.05) is 18.1 Å². The molecule has 0 saturated heterocycles. The van der Waals surface area contributed by atoms with Crippen LogP contribution in [0.25, 0.3) is 10.1 Å². The molecular weight excluding hydrogens is 396 g/mol. The van der Waals surface area contributed by atoms with Crippen molar-refractivity contribution in [3.05, 3.63) is 64.0 Å². The predicted octanol–water partition coefficient (Wildman–Crippen LogP) is 4.97. The summed E-state index contributed by atoms with van der Waals surface area (Å²) in [5.41, 5.74) is 1.71. The number of esters is 1. The molecule has 2 aromatic carbocycles. The van der Waals surface area contributed by atoms with Gasteiger partial charge in [0.2, 0.25) is 0 Å². The van der Waals surface area contributed by atoms with Crippen molar-refractivity contribution in [2.45, 2.75) is 13.3 Å². The van der Waals surface area contributed by atoms with Crippen LogP contribution in [0.2, 0.25) is 5.02 Å². The molecule has 0 aliphatic heterocycles. The molecule has 1 heterocycles. The fourth-order valence-corrected chi connectivity index (χ4v) is 4.10. The number of ether oxygens (including phenoxy) is 1. The van der Waals surface area contributed by atoms with Crippen molar-refractivity contribution in [3.63, 3.8) is 0 Å². The number of rotatable bonds is 6. The highest BCUT2D eigenvalue weighted by Gasteiger charge is 2.21. The summed E-state index contributed by atoms with van der Waals surface area (Å²) in [7, 11) is 0. The summed E-state index contributed by atoms with van der Waals surface area (Å²) in [6.07, 6.45) is 0.176. The first-order valence-corrected chi connectivity index (χ1v) is 9.79. The van der Waals surface area contributed by atoms with E-state index >= 15 is 0 Å². The lowest BCUT2D eigenvalue weighted by Gasteiger charge is -2.21. The van der Waals surface area contributed by atoms with Crippen molar-refractivity contribution in [3.8, 4) is 6.07 Å². The Kier molecular flexibility index (Phi) is 6.30. The van der Waals surface area contributed by atoms with Crippen molar-refractivity contribution < 1.29 is 14.3 Å². The molecule has 0 bridgehead atoms. The predicted molar refractivity (Wildman–Crippen MR) is 111 cm³/mol. The fraction of sp³-hybridized carbons (Fsp3) is 0.190. The summed E-state index contributed by atoms with van der Waals surface area (Å²) >= 11 is 7.52. The van der Waals surface area contributed by atoms with E-state index in [0.717, 1.165) is 15.6 Å². The zero-order valence-corrected chi connectivity index (χ0v) is 16.7. The number of hydrogen-bond donors (Lipinski definition) is 0. The Hall–Kier alpha value is -2.88. The first-order chi connectivity index (χ1) is 13.5. The smallest absolute Gasteiger partial charge is 0.350 e. The van der Waals surface area contributed by atoms with Crippen LogP contribution >= 0.6 is 22.9 Å². The van der Waals surface area contributed by atoms with Gasteiger partial charge in [0.05, 0.1) is 17.5 Å². The van der Waals surface area contributed by atoms with Gasteiger partial charge in [-0.2, -0.15) is 5.26 Å². The van der Waals surface area contributed by atoms with Crippen LogP contribution < -0.4 is 4.90 Å². The number of carbonyl (C=O) groups is 2. The van der Waals surface area contributed by atoms with Crippen LogP contribution in [-0.4, -0.2) is 25.0 Å². The van der Waals surface area contributed by atoms with Gasteiger partial charge in [-0.3, -0.25) is 4.79 Å². The van der Waals surface area contributed by atoms with E-state index in [9.17, 15) is 9.59 Å². The highest BCUT2D eigenvalue weighted by Crippen LogP contribution is 2.35. The Morgan fingerprint density at radius 2 is 1.89 bits per heavy atom. The van der Waals surface area contributed by atoms with Crippen LogP contribution in [0, 0.1) is 18.3 Å². The number of hydrogen-bond acceptors (Lipinski definition) is 5. The molecule has 0 fully saturated rings. The van der Waals surface area contributed by atoms with E-state index < -0.39 is 18.5 Å². The molecule has 0 saturated carbocycles. The Morgan fingerprint density at radius 3 is 2.57 bits per heavy atom. The third kappa shape index (κ3) is 4.33.